The highest BCUT2D eigenvalue weighted by atomic mass is 35.5. The molecule has 0 atom stereocenters. The standard InChI is InChI=1S/C13H23F2N3O3S.ClH/c14-12(15)22(20,21)18-7-3-10(4-8-18)9-17-11(19)13(16)5-1-2-6-13;/h10,12H,1-9,16H2,(H,17,19);1H. The van der Waals surface area contributed by atoms with Crippen molar-refractivity contribution in [2.45, 2.75) is 49.8 Å². The van der Waals surface area contributed by atoms with E-state index in [9.17, 15) is 22.0 Å². The van der Waals surface area contributed by atoms with Crippen molar-refractivity contribution < 1.29 is 22.0 Å². The number of sulfonamides is 1. The SMILES string of the molecule is Cl.NC1(C(=O)NCC2CCN(S(=O)(=O)C(F)F)CC2)CCCC1. The summed E-state index contributed by atoms with van der Waals surface area (Å²) in [5.41, 5.74) is 5.27. The molecule has 0 aromatic rings. The lowest BCUT2D eigenvalue weighted by Crippen LogP contribution is -2.53. The molecule has 0 radical (unpaired) electrons. The highest BCUT2D eigenvalue weighted by molar-refractivity contribution is 7.89. The first kappa shape index (κ1) is 20.5. The molecule has 1 amide bonds. The van der Waals surface area contributed by atoms with Gasteiger partial charge in [0.2, 0.25) is 5.91 Å². The zero-order valence-corrected chi connectivity index (χ0v) is 14.5. The summed E-state index contributed by atoms with van der Waals surface area (Å²) in [4.78, 5) is 12.1. The van der Waals surface area contributed by atoms with Gasteiger partial charge < -0.3 is 11.1 Å². The van der Waals surface area contributed by atoms with Crippen LogP contribution in [0.4, 0.5) is 8.78 Å². The number of nitrogens with two attached hydrogens (primary N) is 1. The van der Waals surface area contributed by atoms with E-state index in [4.69, 9.17) is 5.73 Å². The number of halogens is 3. The lowest BCUT2D eigenvalue weighted by molar-refractivity contribution is -0.126. The van der Waals surface area contributed by atoms with Crippen molar-refractivity contribution >= 4 is 28.3 Å². The van der Waals surface area contributed by atoms with Gasteiger partial charge >= 0.3 is 5.76 Å². The third-order valence-corrected chi connectivity index (χ3v) is 6.19. The predicted molar refractivity (Wildman–Crippen MR) is 84.9 cm³/mol. The molecule has 2 rings (SSSR count). The number of hydrogen-bond acceptors (Lipinski definition) is 4. The normalized spacial score (nSPS) is 22.8. The Kier molecular flexibility index (Phi) is 7.18. The summed E-state index contributed by atoms with van der Waals surface area (Å²) in [7, 11) is -4.48. The topological polar surface area (TPSA) is 92.5 Å². The van der Waals surface area contributed by atoms with Crippen molar-refractivity contribution in [3.8, 4) is 0 Å². The number of rotatable bonds is 5. The molecular formula is C13H24ClF2N3O3S. The summed E-state index contributed by atoms with van der Waals surface area (Å²) >= 11 is 0. The summed E-state index contributed by atoms with van der Waals surface area (Å²) in [5, 5.41) is 2.83. The van der Waals surface area contributed by atoms with E-state index >= 15 is 0 Å². The van der Waals surface area contributed by atoms with Gasteiger partial charge in [0.1, 0.15) is 0 Å². The first-order valence-electron chi connectivity index (χ1n) is 7.60. The van der Waals surface area contributed by atoms with E-state index in [-0.39, 0.29) is 37.3 Å². The summed E-state index contributed by atoms with van der Waals surface area (Å²) in [6.07, 6.45) is 4.20. The maximum atomic E-state index is 12.5. The average Bonchev–Trinajstić information content (AvgIpc) is 2.93. The fourth-order valence-electron chi connectivity index (χ4n) is 3.13. The molecule has 6 nitrogen and oxygen atoms in total. The van der Waals surface area contributed by atoms with Gasteiger partial charge in [-0.05, 0) is 31.6 Å². The van der Waals surface area contributed by atoms with Gasteiger partial charge in [0.25, 0.3) is 10.0 Å². The lowest BCUT2D eigenvalue weighted by Gasteiger charge is -2.31. The predicted octanol–water partition coefficient (Wildman–Crippen LogP) is 1.06. The minimum atomic E-state index is -4.48. The van der Waals surface area contributed by atoms with Crippen LogP contribution in [0.1, 0.15) is 38.5 Å². The molecule has 1 saturated heterocycles. The van der Waals surface area contributed by atoms with Crippen LogP contribution in [0.2, 0.25) is 0 Å². The van der Waals surface area contributed by atoms with Gasteiger partial charge in [-0.15, -0.1) is 12.4 Å². The second kappa shape index (κ2) is 8.04. The van der Waals surface area contributed by atoms with Crippen molar-refractivity contribution in [3.63, 3.8) is 0 Å². The van der Waals surface area contributed by atoms with Crippen LogP contribution >= 0.6 is 12.4 Å². The highest BCUT2D eigenvalue weighted by Crippen LogP contribution is 2.27. The summed E-state index contributed by atoms with van der Waals surface area (Å²) in [6, 6.07) is 0. The van der Waals surface area contributed by atoms with Gasteiger partial charge in [-0.25, -0.2) is 8.42 Å². The lowest BCUT2D eigenvalue weighted by atomic mass is 9.95. The summed E-state index contributed by atoms with van der Waals surface area (Å²) in [5.74, 6) is -3.44. The van der Waals surface area contributed by atoms with Crippen LogP contribution in [0.3, 0.4) is 0 Å². The Morgan fingerprint density at radius 1 is 1.26 bits per heavy atom. The molecule has 136 valence electrons. The minimum absolute atomic E-state index is 0. The highest BCUT2D eigenvalue weighted by Gasteiger charge is 2.38. The molecule has 1 saturated carbocycles. The van der Waals surface area contributed by atoms with E-state index in [1.165, 1.54) is 0 Å². The van der Waals surface area contributed by atoms with Gasteiger partial charge in [0, 0.05) is 19.6 Å². The zero-order chi connectivity index (χ0) is 16.4. The molecule has 0 bridgehead atoms. The molecule has 3 N–H and O–H groups in total. The molecule has 2 fully saturated rings. The maximum Gasteiger partial charge on any atom is 0.350 e. The monoisotopic (exact) mass is 375 g/mol. The molecule has 1 heterocycles. The fraction of sp³-hybridized carbons (Fsp3) is 0.923. The average molecular weight is 376 g/mol. The second-order valence-corrected chi connectivity index (χ2v) is 8.12. The molecule has 23 heavy (non-hydrogen) atoms. The Labute approximate surface area is 141 Å². The van der Waals surface area contributed by atoms with Crippen molar-refractivity contribution in [2.24, 2.45) is 11.7 Å². The fourth-order valence-corrected chi connectivity index (χ4v) is 4.07. The van der Waals surface area contributed by atoms with Crippen molar-refractivity contribution in [2.75, 3.05) is 19.6 Å². The van der Waals surface area contributed by atoms with Crippen molar-refractivity contribution in [3.05, 3.63) is 0 Å². The van der Waals surface area contributed by atoms with E-state index in [2.05, 4.69) is 5.32 Å². The molecule has 0 unspecified atom stereocenters. The molecule has 1 aliphatic heterocycles. The Bertz CT molecular complexity index is 505. The Hall–Kier alpha value is -0.510. The maximum absolute atomic E-state index is 12.5. The quantitative estimate of drug-likeness (QED) is 0.751. The smallest absolute Gasteiger partial charge is 0.350 e. The Morgan fingerprint density at radius 3 is 2.26 bits per heavy atom. The number of hydrogen-bond donors (Lipinski definition) is 2. The van der Waals surface area contributed by atoms with Crippen LogP contribution in [-0.2, 0) is 14.8 Å². The Balaban J connectivity index is 0.00000264. The third kappa shape index (κ3) is 4.74. The second-order valence-electron chi connectivity index (χ2n) is 6.22. The number of carbonyl (C=O) groups excluding carboxylic acids is 1. The van der Waals surface area contributed by atoms with E-state index in [0.717, 1.165) is 17.1 Å². The van der Waals surface area contributed by atoms with Gasteiger partial charge in [0.05, 0.1) is 5.54 Å². The summed E-state index contributed by atoms with van der Waals surface area (Å²) in [6.45, 7) is 0.558. The largest absolute Gasteiger partial charge is 0.354 e. The first-order chi connectivity index (χ1) is 10.3. The van der Waals surface area contributed by atoms with Gasteiger partial charge in [0.15, 0.2) is 0 Å². The van der Waals surface area contributed by atoms with E-state index < -0.39 is 21.3 Å². The molecule has 1 aliphatic carbocycles. The number of amides is 1. The van der Waals surface area contributed by atoms with Crippen molar-refractivity contribution in [1.82, 2.24) is 9.62 Å². The van der Waals surface area contributed by atoms with Crippen LogP contribution in [-0.4, -0.2) is 49.6 Å². The first-order valence-corrected chi connectivity index (χ1v) is 9.10. The number of alkyl halides is 2. The molecule has 2 aliphatic rings. The van der Waals surface area contributed by atoms with Gasteiger partial charge in [-0.3, -0.25) is 4.79 Å². The van der Waals surface area contributed by atoms with Gasteiger partial charge in [-0.1, -0.05) is 12.8 Å². The molecule has 0 aromatic heterocycles. The minimum Gasteiger partial charge on any atom is -0.354 e. The van der Waals surface area contributed by atoms with Gasteiger partial charge in [-0.2, -0.15) is 13.1 Å². The van der Waals surface area contributed by atoms with Crippen molar-refractivity contribution in [1.29, 1.82) is 0 Å². The van der Waals surface area contributed by atoms with Crippen LogP contribution in [0, 0.1) is 5.92 Å². The van der Waals surface area contributed by atoms with Crippen LogP contribution in [0.5, 0.6) is 0 Å². The number of nitrogens with zero attached hydrogens (tertiary/aromatic N) is 1. The molecule has 10 heteroatoms. The molecule has 0 aromatic carbocycles. The van der Waals surface area contributed by atoms with Crippen LogP contribution in [0.25, 0.3) is 0 Å². The van der Waals surface area contributed by atoms with Crippen LogP contribution in [0.15, 0.2) is 0 Å². The summed E-state index contributed by atoms with van der Waals surface area (Å²) < 4.78 is 48.5. The molecule has 0 spiro atoms. The number of piperidine rings is 1. The zero-order valence-electron chi connectivity index (χ0n) is 12.8. The van der Waals surface area contributed by atoms with E-state index in [1.54, 1.807) is 0 Å². The van der Waals surface area contributed by atoms with E-state index in [0.29, 0.717) is 32.2 Å². The number of carbonyl (C=O) groups is 1. The van der Waals surface area contributed by atoms with Crippen LogP contribution < -0.4 is 11.1 Å². The Morgan fingerprint density at radius 2 is 1.78 bits per heavy atom. The van der Waals surface area contributed by atoms with E-state index in [1.807, 2.05) is 0 Å². The number of nitrogens with one attached hydrogen (secondary N) is 1. The molecular weight excluding hydrogens is 352 g/mol. The third-order valence-electron chi connectivity index (χ3n) is 4.66.